The first-order valence-electron chi connectivity index (χ1n) is 5.83. The quantitative estimate of drug-likeness (QED) is 0.490. The monoisotopic (exact) mass is 234 g/mol. The second kappa shape index (κ2) is 3.47. The number of rotatable bonds is 0. The van der Waals surface area contributed by atoms with E-state index in [1.807, 2.05) is 54.9 Å². The molecule has 2 heterocycles. The van der Waals surface area contributed by atoms with E-state index in [0.29, 0.717) is 0 Å². The number of hydrogen-bond acceptors (Lipinski definition) is 2. The summed E-state index contributed by atoms with van der Waals surface area (Å²) in [7, 11) is 0. The van der Waals surface area contributed by atoms with Gasteiger partial charge in [-0.2, -0.15) is 0 Å². The van der Waals surface area contributed by atoms with Crippen LogP contribution in [0.3, 0.4) is 0 Å². The van der Waals surface area contributed by atoms with E-state index in [9.17, 15) is 0 Å². The number of H-pyrrole nitrogens is 1. The Morgan fingerprint density at radius 2 is 1.89 bits per heavy atom. The average Bonchev–Trinajstić information content (AvgIpc) is 2.79. The number of para-hydroxylation sites is 2. The van der Waals surface area contributed by atoms with E-state index in [0.717, 1.165) is 33.7 Å². The Morgan fingerprint density at radius 3 is 2.89 bits per heavy atom. The first kappa shape index (κ1) is 9.48. The lowest BCUT2D eigenvalue weighted by Gasteiger charge is -2.07. The van der Waals surface area contributed by atoms with E-state index in [-0.39, 0.29) is 0 Å². The molecule has 0 aliphatic carbocycles. The summed E-state index contributed by atoms with van der Waals surface area (Å²) in [5.74, 6) is 1.62. The fraction of sp³-hybridized carbons (Fsp3) is 0. The molecule has 0 unspecified atom stereocenters. The van der Waals surface area contributed by atoms with Crippen LogP contribution >= 0.6 is 0 Å². The highest BCUT2D eigenvalue weighted by Crippen LogP contribution is 2.37. The number of fused-ring (bicyclic) bond motifs is 4. The molecule has 0 bridgehead atoms. The van der Waals surface area contributed by atoms with Gasteiger partial charge in [0.1, 0.15) is 11.4 Å². The average molecular weight is 234 g/mol. The highest BCUT2D eigenvalue weighted by Gasteiger charge is 2.13. The maximum absolute atomic E-state index is 5.93. The van der Waals surface area contributed by atoms with Crippen LogP contribution in [0, 0.1) is 0 Å². The molecule has 1 aliphatic rings. The van der Waals surface area contributed by atoms with Crippen molar-refractivity contribution in [1.82, 2.24) is 4.98 Å². The van der Waals surface area contributed by atoms with Crippen molar-refractivity contribution in [3.63, 3.8) is 0 Å². The topological polar surface area (TPSA) is 37.4 Å². The van der Waals surface area contributed by atoms with Gasteiger partial charge < -0.3 is 9.72 Å². The molecular weight excluding hydrogens is 224 g/mol. The third-order valence-corrected chi connectivity index (χ3v) is 3.15. The zero-order valence-corrected chi connectivity index (χ0v) is 9.55. The number of aromatic nitrogens is 1. The SMILES string of the molecule is C1=Nc2ccccc2Oc2ccc3cc[nH]c3c21. The molecule has 0 saturated carbocycles. The lowest BCUT2D eigenvalue weighted by atomic mass is 10.1. The van der Waals surface area contributed by atoms with Gasteiger partial charge in [0.25, 0.3) is 0 Å². The molecule has 4 rings (SSSR count). The van der Waals surface area contributed by atoms with Gasteiger partial charge in [-0.25, -0.2) is 0 Å². The van der Waals surface area contributed by atoms with Crippen LogP contribution in [-0.2, 0) is 0 Å². The summed E-state index contributed by atoms with van der Waals surface area (Å²) in [4.78, 5) is 7.72. The molecule has 1 aromatic heterocycles. The Labute approximate surface area is 104 Å². The van der Waals surface area contributed by atoms with Crippen LogP contribution in [0.4, 0.5) is 5.69 Å². The number of hydrogen-bond donors (Lipinski definition) is 1. The van der Waals surface area contributed by atoms with E-state index in [4.69, 9.17) is 4.74 Å². The zero-order chi connectivity index (χ0) is 11.9. The second-order valence-corrected chi connectivity index (χ2v) is 4.25. The van der Waals surface area contributed by atoms with Crippen LogP contribution < -0.4 is 4.74 Å². The van der Waals surface area contributed by atoms with Gasteiger partial charge in [0.15, 0.2) is 5.75 Å². The van der Waals surface area contributed by atoms with Crippen molar-refractivity contribution in [2.75, 3.05) is 0 Å². The van der Waals surface area contributed by atoms with Gasteiger partial charge in [-0.1, -0.05) is 12.1 Å². The van der Waals surface area contributed by atoms with Gasteiger partial charge in [-0.3, -0.25) is 4.99 Å². The third kappa shape index (κ3) is 1.27. The highest BCUT2D eigenvalue weighted by atomic mass is 16.5. The molecule has 0 amide bonds. The van der Waals surface area contributed by atoms with Crippen LogP contribution in [0.25, 0.3) is 10.9 Å². The Balaban J connectivity index is 2.01. The predicted octanol–water partition coefficient (Wildman–Crippen LogP) is 4.02. The molecular formula is C15H10N2O. The Bertz CT molecular complexity index is 771. The number of aliphatic imine (C=N–C) groups is 1. The highest BCUT2D eigenvalue weighted by molar-refractivity contribution is 6.02. The summed E-state index contributed by atoms with van der Waals surface area (Å²) in [5.41, 5.74) is 2.91. The van der Waals surface area contributed by atoms with Gasteiger partial charge in [-0.15, -0.1) is 0 Å². The standard InChI is InChI=1S/C15H10N2O/c1-2-4-14-12(3-1)17-9-11-13(18-14)6-5-10-7-8-16-15(10)11/h1-9,16H. The Morgan fingerprint density at radius 1 is 0.944 bits per heavy atom. The Kier molecular flexibility index (Phi) is 1.83. The fourth-order valence-corrected chi connectivity index (χ4v) is 2.25. The van der Waals surface area contributed by atoms with E-state index >= 15 is 0 Å². The van der Waals surface area contributed by atoms with Crippen LogP contribution in [0.2, 0.25) is 0 Å². The minimum absolute atomic E-state index is 0.790. The molecule has 86 valence electrons. The molecule has 0 fully saturated rings. The lowest BCUT2D eigenvalue weighted by Crippen LogP contribution is -1.89. The summed E-state index contributed by atoms with van der Waals surface area (Å²) < 4.78 is 5.93. The molecule has 0 spiro atoms. The third-order valence-electron chi connectivity index (χ3n) is 3.15. The second-order valence-electron chi connectivity index (χ2n) is 4.25. The van der Waals surface area contributed by atoms with Crippen LogP contribution in [0.1, 0.15) is 5.56 Å². The molecule has 2 aromatic carbocycles. The number of benzene rings is 2. The summed E-state index contributed by atoms with van der Waals surface area (Å²) in [6.07, 6.45) is 3.79. The predicted molar refractivity (Wildman–Crippen MR) is 72.1 cm³/mol. The smallest absolute Gasteiger partial charge is 0.153 e. The van der Waals surface area contributed by atoms with Crippen molar-refractivity contribution in [3.8, 4) is 11.5 Å². The van der Waals surface area contributed by atoms with Crippen LogP contribution in [0.5, 0.6) is 11.5 Å². The molecule has 3 aromatic rings. The first-order chi connectivity index (χ1) is 8.92. The van der Waals surface area contributed by atoms with E-state index in [1.54, 1.807) is 0 Å². The van der Waals surface area contributed by atoms with Gasteiger partial charge in [0.2, 0.25) is 0 Å². The van der Waals surface area contributed by atoms with E-state index in [1.165, 1.54) is 0 Å². The lowest BCUT2D eigenvalue weighted by molar-refractivity contribution is 0.485. The fourth-order valence-electron chi connectivity index (χ4n) is 2.25. The number of nitrogens with one attached hydrogen (secondary N) is 1. The summed E-state index contributed by atoms with van der Waals surface area (Å²) in [6.45, 7) is 0. The van der Waals surface area contributed by atoms with Gasteiger partial charge in [0.05, 0.1) is 11.1 Å². The number of aromatic amines is 1. The Hall–Kier alpha value is -2.55. The molecule has 0 saturated heterocycles. The number of nitrogens with zero attached hydrogens (tertiary/aromatic N) is 1. The maximum Gasteiger partial charge on any atom is 0.153 e. The van der Waals surface area contributed by atoms with Crippen molar-refractivity contribution in [2.24, 2.45) is 4.99 Å². The van der Waals surface area contributed by atoms with Crippen molar-refractivity contribution in [2.45, 2.75) is 0 Å². The minimum atomic E-state index is 0.790. The van der Waals surface area contributed by atoms with Gasteiger partial charge in [-0.05, 0) is 30.3 Å². The number of ether oxygens (including phenoxy) is 1. The first-order valence-corrected chi connectivity index (χ1v) is 5.83. The molecule has 3 nitrogen and oxygen atoms in total. The molecule has 0 atom stereocenters. The van der Waals surface area contributed by atoms with Gasteiger partial charge in [0, 0.05) is 17.8 Å². The minimum Gasteiger partial charge on any atom is -0.454 e. The molecule has 3 heteroatoms. The molecule has 1 N–H and O–H groups in total. The zero-order valence-electron chi connectivity index (χ0n) is 9.55. The van der Waals surface area contributed by atoms with Crippen molar-refractivity contribution in [3.05, 3.63) is 54.2 Å². The van der Waals surface area contributed by atoms with Crippen molar-refractivity contribution >= 4 is 22.8 Å². The normalized spacial score (nSPS) is 12.7. The summed E-state index contributed by atoms with van der Waals surface area (Å²) in [6, 6.07) is 13.9. The van der Waals surface area contributed by atoms with Gasteiger partial charge >= 0.3 is 0 Å². The maximum atomic E-state index is 5.93. The summed E-state index contributed by atoms with van der Waals surface area (Å²) >= 11 is 0. The van der Waals surface area contributed by atoms with E-state index < -0.39 is 0 Å². The van der Waals surface area contributed by atoms with Crippen LogP contribution in [-0.4, -0.2) is 11.2 Å². The van der Waals surface area contributed by atoms with Crippen molar-refractivity contribution < 1.29 is 4.74 Å². The van der Waals surface area contributed by atoms with Crippen LogP contribution in [0.15, 0.2) is 53.7 Å². The molecule has 18 heavy (non-hydrogen) atoms. The largest absolute Gasteiger partial charge is 0.454 e. The molecule has 1 aliphatic heterocycles. The van der Waals surface area contributed by atoms with Crippen molar-refractivity contribution in [1.29, 1.82) is 0 Å². The van der Waals surface area contributed by atoms with E-state index in [2.05, 4.69) is 9.98 Å². The summed E-state index contributed by atoms with van der Waals surface area (Å²) in [5, 5.41) is 1.16. The molecule has 0 radical (unpaired) electrons.